The predicted molar refractivity (Wildman–Crippen MR) is 64.3 cm³/mol. The third kappa shape index (κ3) is 3.28. The minimum atomic E-state index is -4.57. The van der Waals surface area contributed by atoms with E-state index in [1.807, 2.05) is 0 Å². The summed E-state index contributed by atoms with van der Waals surface area (Å²) in [4.78, 5) is 11.4. The normalized spacial score (nSPS) is 11.3. The zero-order valence-electron chi connectivity index (χ0n) is 10.1. The van der Waals surface area contributed by atoms with E-state index >= 15 is 0 Å². The zero-order valence-corrected chi connectivity index (χ0v) is 10.1. The van der Waals surface area contributed by atoms with Crippen LogP contribution in [0.1, 0.15) is 10.5 Å². The van der Waals surface area contributed by atoms with E-state index in [9.17, 15) is 18.0 Å². The highest BCUT2D eigenvalue weighted by Crippen LogP contribution is 2.17. The molecule has 0 bridgehead atoms. The average Bonchev–Trinajstić information content (AvgIpc) is 2.85. The summed E-state index contributed by atoms with van der Waals surface area (Å²) in [5.41, 5.74) is 6.44. The van der Waals surface area contributed by atoms with E-state index in [-0.39, 0.29) is 5.69 Å². The molecule has 5 nitrogen and oxygen atoms in total. The second kappa shape index (κ2) is 5.24. The molecule has 0 spiro atoms. The van der Waals surface area contributed by atoms with Crippen LogP contribution in [-0.2, 0) is 4.74 Å². The largest absolute Gasteiger partial charge is 0.451 e. The van der Waals surface area contributed by atoms with Gasteiger partial charge in [-0.15, -0.1) is 0 Å². The SMILES string of the molecule is Nc1ccccc1-n1ccc(C(=O)OCC(F)(F)F)n1. The van der Waals surface area contributed by atoms with Crippen molar-refractivity contribution in [3.63, 3.8) is 0 Å². The first-order valence-corrected chi connectivity index (χ1v) is 5.51. The molecule has 0 radical (unpaired) electrons. The third-order valence-corrected chi connectivity index (χ3v) is 2.35. The molecule has 0 saturated carbocycles. The Morgan fingerprint density at radius 2 is 2.00 bits per heavy atom. The van der Waals surface area contributed by atoms with Crippen LogP contribution in [0, 0.1) is 0 Å². The van der Waals surface area contributed by atoms with Crippen molar-refractivity contribution in [2.24, 2.45) is 0 Å². The predicted octanol–water partition coefficient (Wildman–Crippen LogP) is 2.17. The molecule has 8 heteroatoms. The second-order valence-electron chi connectivity index (χ2n) is 3.90. The van der Waals surface area contributed by atoms with Gasteiger partial charge in [-0.25, -0.2) is 9.48 Å². The lowest BCUT2D eigenvalue weighted by Crippen LogP contribution is -2.20. The summed E-state index contributed by atoms with van der Waals surface area (Å²) in [7, 11) is 0. The van der Waals surface area contributed by atoms with Gasteiger partial charge in [0.25, 0.3) is 0 Å². The van der Waals surface area contributed by atoms with Crippen LogP contribution in [0.3, 0.4) is 0 Å². The van der Waals surface area contributed by atoms with Gasteiger partial charge >= 0.3 is 12.1 Å². The number of halogens is 3. The van der Waals surface area contributed by atoms with Crippen molar-refractivity contribution < 1.29 is 22.7 Å². The Labute approximate surface area is 111 Å². The number of ether oxygens (including phenoxy) is 1. The number of hydrogen-bond acceptors (Lipinski definition) is 4. The van der Waals surface area contributed by atoms with E-state index in [0.29, 0.717) is 11.4 Å². The van der Waals surface area contributed by atoms with E-state index in [4.69, 9.17) is 5.73 Å². The second-order valence-corrected chi connectivity index (χ2v) is 3.90. The van der Waals surface area contributed by atoms with E-state index < -0.39 is 18.8 Å². The molecule has 0 aliphatic heterocycles. The molecule has 0 fully saturated rings. The zero-order chi connectivity index (χ0) is 14.8. The number of aromatic nitrogens is 2. The molecule has 2 aromatic rings. The Kier molecular flexibility index (Phi) is 3.64. The summed E-state index contributed by atoms with van der Waals surface area (Å²) in [6.07, 6.45) is -3.15. The smallest absolute Gasteiger partial charge is 0.422 e. The van der Waals surface area contributed by atoms with Gasteiger partial charge in [0.2, 0.25) is 0 Å². The fourth-order valence-corrected chi connectivity index (χ4v) is 1.48. The Balaban J connectivity index is 2.13. The van der Waals surface area contributed by atoms with Crippen molar-refractivity contribution in [3.05, 3.63) is 42.2 Å². The third-order valence-electron chi connectivity index (χ3n) is 2.35. The fraction of sp³-hybridized carbons (Fsp3) is 0.167. The summed E-state index contributed by atoms with van der Waals surface area (Å²) in [5.74, 6) is -1.14. The number of para-hydroxylation sites is 2. The number of carbonyl (C=O) groups excluding carboxylic acids is 1. The number of alkyl halides is 3. The molecular formula is C12H10F3N3O2. The number of rotatable bonds is 3. The Morgan fingerprint density at radius 1 is 1.30 bits per heavy atom. The maximum atomic E-state index is 11.9. The maximum Gasteiger partial charge on any atom is 0.422 e. The fourth-order valence-electron chi connectivity index (χ4n) is 1.48. The minimum absolute atomic E-state index is 0.225. The molecule has 1 heterocycles. The van der Waals surface area contributed by atoms with Gasteiger partial charge in [0, 0.05) is 6.20 Å². The highest BCUT2D eigenvalue weighted by atomic mass is 19.4. The number of nitrogen functional groups attached to an aromatic ring is 1. The van der Waals surface area contributed by atoms with Crippen molar-refractivity contribution in [2.75, 3.05) is 12.3 Å². The number of nitrogens with two attached hydrogens (primary N) is 1. The number of carbonyl (C=O) groups is 1. The molecule has 0 aliphatic carbocycles. The monoisotopic (exact) mass is 285 g/mol. The first-order chi connectivity index (χ1) is 9.37. The van der Waals surface area contributed by atoms with Crippen molar-refractivity contribution in [3.8, 4) is 5.69 Å². The molecule has 0 unspecified atom stereocenters. The molecule has 0 atom stereocenters. The van der Waals surface area contributed by atoms with Crippen molar-refractivity contribution in [1.82, 2.24) is 9.78 Å². The van der Waals surface area contributed by atoms with Gasteiger partial charge in [-0.2, -0.15) is 18.3 Å². The molecule has 2 N–H and O–H groups in total. The first-order valence-electron chi connectivity index (χ1n) is 5.51. The van der Waals surface area contributed by atoms with Gasteiger partial charge in [-0.1, -0.05) is 12.1 Å². The lowest BCUT2D eigenvalue weighted by molar-refractivity contribution is -0.161. The van der Waals surface area contributed by atoms with Gasteiger partial charge in [-0.05, 0) is 18.2 Å². The van der Waals surface area contributed by atoms with E-state index in [1.165, 1.54) is 16.9 Å². The Morgan fingerprint density at radius 3 is 2.65 bits per heavy atom. The van der Waals surface area contributed by atoms with Crippen molar-refractivity contribution in [1.29, 1.82) is 0 Å². The lowest BCUT2D eigenvalue weighted by atomic mass is 10.3. The summed E-state index contributed by atoms with van der Waals surface area (Å²) < 4.78 is 41.2. The minimum Gasteiger partial charge on any atom is -0.451 e. The van der Waals surface area contributed by atoms with Gasteiger partial charge in [-0.3, -0.25) is 0 Å². The molecule has 0 amide bonds. The maximum absolute atomic E-state index is 11.9. The van der Waals surface area contributed by atoms with Crippen LogP contribution < -0.4 is 5.73 Å². The molecule has 106 valence electrons. The van der Waals surface area contributed by atoms with Crippen LogP contribution in [0.4, 0.5) is 18.9 Å². The highest BCUT2D eigenvalue weighted by molar-refractivity contribution is 5.87. The molecule has 0 aliphatic rings. The number of anilines is 1. The van der Waals surface area contributed by atoms with Gasteiger partial charge < -0.3 is 10.5 Å². The Bertz CT molecular complexity index is 622. The van der Waals surface area contributed by atoms with Crippen LogP contribution in [0.2, 0.25) is 0 Å². The van der Waals surface area contributed by atoms with Crippen molar-refractivity contribution >= 4 is 11.7 Å². The van der Waals surface area contributed by atoms with Crippen LogP contribution >= 0.6 is 0 Å². The number of hydrogen-bond donors (Lipinski definition) is 1. The van der Waals surface area contributed by atoms with Crippen LogP contribution in [0.15, 0.2) is 36.5 Å². The summed E-state index contributed by atoms with van der Waals surface area (Å²) in [5, 5.41) is 3.84. The summed E-state index contributed by atoms with van der Waals surface area (Å²) >= 11 is 0. The van der Waals surface area contributed by atoms with Crippen LogP contribution in [0.5, 0.6) is 0 Å². The molecule has 1 aromatic heterocycles. The molecule has 2 rings (SSSR count). The quantitative estimate of drug-likeness (QED) is 0.693. The number of esters is 1. The standard InChI is InChI=1S/C12H10F3N3O2/c13-12(14,15)7-20-11(19)9-5-6-18(17-9)10-4-2-1-3-8(10)16/h1-6H,7,16H2. The van der Waals surface area contributed by atoms with E-state index in [0.717, 1.165) is 0 Å². The van der Waals surface area contributed by atoms with E-state index in [2.05, 4.69) is 9.84 Å². The highest BCUT2D eigenvalue weighted by Gasteiger charge is 2.30. The molecule has 1 aromatic carbocycles. The van der Waals surface area contributed by atoms with Crippen LogP contribution in [-0.4, -0.2) is 28.5 Å². The molecule has 20 heavy (non-hydrogen) atoms. The van der Waals surface area contributed by atoms with E-state index in [1.54, 1.807) is 24.3 Å². The van der Waals surface area contributed by atoms with Crippen LogP contribution in [0.25, 0.3) is 5.69 Å². The van der Waals surface area contributed by atoms with Crippen molar-refractivity contribution in [2.45, 2.75) is 6.18 Å². The lowest BCUT2D eigenvalue weighted by Gasteiger charge is -2.06. The number of benzene rings is 1. The first kappa shape index (κ1) is 13.9. The number of nitrogens with zero attached hydrogens (tertiary/aromatic N) is 2. The van der Waals surface area contributed by atoms with Gasteiger partial charge in [0.15, 0.2) is 12.3 Å². The molecule has 0 saturated heterocycles. The molecular weight excluding hydrogens is 275 g/mol. The topological polar surface area (TPSA) is 70.1 Å². The summed E-state index contributed by atoms with van der Waals surface area (Å²) in [6, 6.07) is 7.99. The van der Waals surface area contributed by atoms with Gasteiger partial charge in [0.05, 0.1) is 11.4 Å². The van der Waals surface area contributed by atoms with Gasteiger partial charge in [0.1, 0.15) is 0 Å². The average molecular weight is 285 g/mol. The Hall–Kier alpha value is -2.51. The summed E-state index contributed by atoms with van der Waals surface area (Å²) in [6.45, 7) is -1.65.